The van der Waals surface area contributed by atoms with Crippen molar-refractivity contribution in [1.82, 2.24) is 0 Å². The monoisotopic (exact) mass is 326 g/mol. The lowest BCUT2D eigenvalue weighted by Crippen LogP contribution is -2.24. The number of benzene rings is 1. The summed E-state index contributed by atoms with van der Waals surface area (Å²) in [6, 6.07) is 6.04. The fraction of sp³-hybridized carbons (Fsp3) is 0.625. The molecule has 0 atom stereocenters. The second-order valence-corrected chi connectivity index (χ2v) is 5.84. The van der Waals surface area contributed by atoms with Crippen LogP contribution in [0, 0.1) is 5.92 Å². The largest absolute Gasteiger partial charge is 0.497 e. The lowest BCUT2D eigenvalue weighted by molar-refractivity contribution is 0.129. The summed E-state index contributed by atoms with van der Waals surface area (Å²) in [6.45, 7) is 2.29. The second-order valence-electron chi connectivity index (χ2n) is 5.28. The van der Waals surface area contributed by atoms with Crippen LogP contribution < -0.4 is 9.47 Å². The molecule has 1 aliphatic carbocycles. The quantitative estimate of drug-likeness (QED) is 0.713. The normalized spacial score (nSPS) is 23.1. The Bertz CT molecular complexity index is 398. The van der Waals surface area contributed by atoms with E-state index in [2.05, 4.69) is 22.9 Å². The van der Waals surface area contributed by atoms with Crippen LogP contribution in [0.25, 0.3) is 0 Å². The summed E-state index contributed by atoms with van der Waals surface area (Å²) in [5, 5.41) is 0.795. The maximum absolute atomic E-state index is 6.18. The molecule has 0 unspecified atom stereocenters. The molecule has 3 heteroatoms. The van der Waals surface area contributed by atoms with Crippen LogP contribution in [0.15, 0.2) is 18.2 Å². The standard InChI is InChI=1S/C16H23BrO2/c1-3-12-4-6-14(7-5-12)19-16-9-8-15(18-2)10-13(16)11-17/h8-10,12,14H,3-7,11H2,1-2H3. The number of hydrogen-bond acceptors (Lipinski definition) is 2. The highest BCUT2D eigenvalue weighted by atomic mass is 79.9. The smallest absolute Gasteiger partial charge is 0.124 e. The first-order valence-electron chi connectivity index (χ1n) is 7.16. The van der Waals surface area contributed by atoms with Crippen LogP contribution >= 0.6 is 15.9 Å². The average molecular weight is 327 g/mol. The first-order valence-corrected chi connectivity index (χ1v) is 8.28. The van der Waals surface area contributed by atoms with Crippen LogP contribution in [-0.2, 0) is 5.33 Å². The van der Waals surface area contributed by atoms with E-state index in [-0.39, 0.29) is 0 Å². The van der Waals surface area contributed by atoms with Gasteiger partial charge in [0.2, 0.25) is 0 Å². The zero-order valence-corrected chi connectivity index (χ0v) is 13.4. The third-order valence-electron chi connectivity index (χ3n) is 4.08. The lowest BCUT2D eigenvalue weighted by Gasteiger charge is -2.29. The number of alkyl halides is 1. The minimum Gasteiger partial charge on any atom is -0.497 e. The highest BCUT2D eigenvalue weighted by Crippen LogP contribution is 2.32. The summed E-state index contributed by atoms with van der Waals surface area (Å²) in [5.74, 6) is 2.79. The molecule has 1 aromatic rings. The van der Waals surface area contributed by atoms with Gasteiger partial charge in [-0.1, -0.05) is 29.3 Å². The maximum Gasteiger partial charge on any atom is 0.124 e. The van der Waals surface area contributed by atoms with Gasteiger partial charge in [-0.15, -0.1) is 0 Å². The van der Waals surface area contributed by atoms with Crippen molar-refractivity contribution in [3.05, 3.63) is 23.8 Å². The highest BCUT2D eigenvalue weighted by molar-refractivity contribution is 9.08. The van der Waals surface area contributed by atoms with E-state index in [4.69, 9.17) is 9.47 Å². The second kappa shape index (κ2) is 7.18. The Morgan fingerprint density at radius 1 is 1.21 bits per heavy atom. The summed E-state index contributed by atoms with van der Waals surface area (Å²) in [7, 11) is 1.69. The molecule has 0 heterocycles. The van der Waals surface area contributed by atoms with Gasteiger partial charge in [-0.25, -0.2) is 0 Å². The summed E-state index contributed by atoms with van der Waals surface area (Å²) in [4.78, 5) is 0. The number of rotatable bonds is 5. The molecule has 0 aromatic heterocycles. The van der Waals surface area contributed by atoms with E-state index in [1.807, 2.05) is 18.2 Å². The molecule has 2 nitrogen and oxygen atoms in total. The molecule has 0 radical (unpaired) electrons. The van der Waals surface area contributed by atoms with Crippen molar-refractivity contribution in [3.8, 4) is 11.5 Å². The molecule has 1 aromatic carbocycles. The number of hydrogen-bond donors (Lipinski definition) is 0. The molecular weight excluding hydrogens is 304 g/mol. The molecule has 0 bridgehead atoms. The fourth-order valence-electron chi connectivity index (χ4n) is 2.74. The maximum atomic E-state index is 6.18. The van der Waals surface area contributed by atoms with Crippen molar-refractivity contribution in [3.63, 3.8) is 0 Å². The van der Waals surface area contributed by atoms with Crippen molar-refractivity contribution < 1.29 is 9.47 Å². The van der Waals surface area contributed by atoms with E-state index >= 15 is 0 Å². The third kappa shape index (κ3) is 3.88. The predicted octanol–water partition coefficient (Wildman–Crippen LogP) is 4.94. The predicted molar refractivity (Wildman–Crippen MR) is 82.3 cm³/mol. The van der Waals surface area contributed by atoms with Crippen molar-refractivity contribution in [2.75, 3.05) is 7.11 Å². The SMILES string of the molecule is CCC1CCC(Oc2ccc(OC)cc2CBr)CC1. The van der Waals surface area contributed by atoms with E-state index in [1.165, 1.54) is 32.1 Å². The van der Waals surface area contributed by atoms with Crippen molar-refractivity contribution in [2.24, 2.45) is 5.92 Å². The summed E-state index contributed by atoms with van der Waals surface area (Å²) < 4.78 is 11.4. The Hall–Kier alpha value is -0.700. The Labute approximate surface area is 124 Å². The first-order chi connectivity index (χ1) is 9.26. The van der Waals surface area contributed by atoms with E-state index in [0.29, 0.717) is 6.10 Å². The van der Waals surface area contributed by atoms with Gasteiger partial charge in [-0.2, -0.15) is 0 Å². The summed E-state index contributed by atoms with van der Waals surface area (Å²) in [5.41, 5.74) is 1.16. The molecule has 1 fully saturated rings. The lowest BCUT2D eigenvalue weighted by atomic mass is 9.86. The Morgan fingerprint density at radius 2 is 1.95 bits per heavy atom. The molecule has 0 N–H and O–H groups in total. The van der Waals surface area contributed by atoms with Crippen molar-refractivity contribution >= 4 is 15.9 Å². The van der Waals surface area contributed by atoms with Crippen LogP contribution in [-0.4, -0.2) is 13.2 Å². The number of ether oxygens (including phenoxy) is 2. The Balaban J connectivity index is 1.99. The molecule has 1 aliphatic rings. The topological polar surface area (TPSA) is 18.5 Å². The van der Waals surface area contributed by atoms with Gasteiger partial charge in [0.05, 0.1) is 13.2 Å². The molecule has 0 aliphatic heterocycles. The van der Waals surface area contributed by atoms with Crippen LogP contribution in [0.2, 0.25) is 0 Å². The first kappa shape index (κ1) is 14.7. The van der Waals surface area contributed by atoms with E-state index in [0.717, 1.165) is 28.3 Å². The summed E-state index contributed by atoms with van der Waals surface area (Å²) in [6.07, 6.45) is 6.68. The fourth-order valence-corrected chi connectivity index (χ4v) is 3.18. The molecule has 106 valence electrons. The van der Waals surface area contributed by atoms with Gasteiger partial charge in [-0.05, 0) is 49.8 Å². The minimum atomic E-state index is 0.383. The van der Waals surface area contributed by atoms with Crippen molar-refractivity contribution in [1.29, 1.82) is 0 Å². The van der Waals surface area contributed by atoms with Gasteiger partial charge >= 0.3 is 0 Å². The molecular formula is C16H23BrO2. The van der Waals surface area contributed by atoms with Crippen molar-refractivity contribution in [2.45, 2.75) is 50.5 Å². The van der Waals surface area contributed by atoms with Gasteiger partial charge in [0.15, 0.2) is 0 Å². The minimum absolute atomic E-state index is 0.383. The van der Waals surface area contributed by atoms with E-state index in [1.54, 1.807) is 7.11 Å². The van der Waals surface area contributed by atoms with Gasteiger partial charge in [0.25, 0.3) is 0 Å². The van der Waals surface area contributed by atoms with E-state index < -0.39 is 0 Å². The molecule has 2 rings (SSSR count). The summed E-state index contributed by atoms with van der Waals surface area (Å²) >= 11 is 3.52. The zero-order chi connectivity index (χ0) is 13.7. The van der Waals surface area contributed by atoms with Gasteiger partial charge in [0.1, 0.15) is 11.5 Å². The molecule has 19 heavy (non-hydrogen) atoms. The molecule has 0 spiro atoms. The number of halogens is 1. The Morgan fingerprint density at radius 3 is 2.53 bits per heavy atom. The van der Waals surface area contributed by atoms with E-state index in [9.17, 15) is 0 Å². The molecule has 0 amide bonds. The van der Waals surface area contributed by atoms with Gasteiger partial charge in [0, 0.05) is 10.9 Å². The zero-order valence-electron chi connectivity index (χ0n) is 11.8. The molecule has 0 saturated heterocycles. The molecule has 1 saturated carbocycles. The van der Waals surface area contributed by atoms with Crippen LogP contribution in [0.4, 0.5) is 0 Å². The number of methoxy groups -OCH3 is 1. The highest BCUT2D eigenvalue weighted by Gasteiger charge is 2.21. The third-order valence-corrected chi connectivity index (χ3v) is 4.68. The van der Waals surface area contributed by atoms with Gasteiger partial charge in [-0.3, -0.25) is 0 Å². The van der Waals surface area contributed by atoms with Crippen LogP contribution in [0.1, 0.15) is 44.6 Å². The average Bonchev–Trinajstić information content (AvgIpc) is 2.48. The van der Waals surface area contributed by atoms with Crippen LogP contribution in [0.5, 0.6) is 11.5 Å². The van der Waals surface area contributed by atoms with Crippen LogP contribution in [0.3, 0.4) is 0 Å². The Kier molecular flexibility index (Phi) is 5.56. The van der Waals surface area contributed by atoms with Gasteiger partial charge < -0.3 is 9.47 Å².